The van der Waals surface area contributed by atoms with E-state index in [1.54, 1.807) is 0 Å². The van der Waals surface area contributed by atoms with Crippen molar-refractivity contribution in [3.8, 4) is 22.8 Å². The summed E-state index contributed by atoms with van der Waals surface area (Å²) in [5, 5.41) is 18.3. The molecule has 2 heterocycles. The minimum atomic E-state index is -0.114. The van der Waals surface area contributed by atoms with Crippen molar-refractivity contribution < 1.29 is 9.21 Å². The maximum atomic E-state index is 12.3. The van der Waals surface area contributed by atoms with Crippen LogP contribution in [-0.2, 0) is 11.2 Å². The molecule has 0 atom stereocenters. The molecule has 156 valence electrons. The Morgan fingerprint density at radius 1 is 1.06 bits per heavy atom. The maximum Gasteiger partial charge on any atom is 0.247 e. The van der Waals surface area contributed by atoms with Gasteiger partial charge >= 0.3 is 0 Å². The molecule has 2 aromatic carbocycles. The summed E-state index contributed by atoms with van der Waals surface area (Å²) in [5.41, 5.74) is 3.66. The van der Waals surface area contributed by atoms with Gasteiger partial charge in [-0.1, -0.05) is 17.7 Å². The molecule has 2 aromatic heterocycles. The van der Waals surface area contributed by atoms with Crippen LogP contribution in [0.2, 0.25) is 0 Å². The summed E-state index contributed by atoms with van der Waals surface area (Å²) in [6.07, 6.45) is 2.99. The molecule has 0 spiro atoms. The van der Waals surface area contributed by atoms with Gasteiger partial charge in [-0.15, -0.1) is 10.2 Å². The van der Waals surface area contributed by atoms with Crippen LogP contribution in [0.25, 0.3) is 22.8 Å². The number of anilines is 1. The number of aromatic amines is 1. The first-order chi connectivity index (χ1) is 15.1. The van der Waals surface area contributed by atoms with Gasteiger partial charge in [0, 0.05) is 35.6 Å². The number of benzene rings is 2. The van der Waals surface area contributed by atoms with Crippen molar-refractivity contribution in [2.75, 3.05) is 5.32 Å². The molecule has 1 amide bonds. The van der Waals surface area contributed by atoms with Crippen molar-refractivity contribution in [1.29, 1.82) is 0 Å². The van der Waals surface area contributed by atoms with Crippen LogP contribution in [0, 0.1) is 6.92 Å². The molecule has 8 nitrogen and oxygen atoms in total. The van der Waals surface area contributed by atoms with Crippen molar-refractivity contribution in [1.82, 2.24) is 25.4 Å². The lowest BCUT2D eigenvalue weighted by atomic mass is 10.1. The fourth-order valence-corrected chi connectivity index (χ4v) is 3.26. The van der Waals surface area contributed by atoms with Gasteiger partial charge in [-0.25, -0.2) is 4.98 Å². The van der Waals surface area contributed by atoms with Crippen LogP contribution in [0.4, 0.5) is 5.69 Å². The molecular formula is C23H22N6O2. The van der Waals surface area contributed by atoms with Crippen LogP contribution < -0.4 is 5.32 Å². The molecule has 0 bridgehead atoms. The number of carbonyl (C=O) groups excluding carboxylic acids is 1. The van der Waals surface area contributed by atoms with Crippen LogP contribution in [0.1, 0.15) is 42.5 Å². The molecule has 0 aliphatic heterocycles. The number of rotatable bonds is 7. The van der Waals surface area contributed by atoms with Gasteiger partial charge in [0.2, 0.25) is 17.7 Å². The number of amides is 1. The Labute approximate surface area is 179 Å². The first-order valence-corrected chi connectivity index (χ1v) is 10.4. The van der Waals surface area contributed by atoms with Gasteiger partial charge in [-0.05, 0) is 56.2 Å². The number of aromatic nitrogens is 5. The Morgan fingerprint density at radius 3 is 2.55 bits per heavy atom. The lowest BCUT2D eigenvalue weighted by Gasteiger charge is -2.05. The smallest absolute Gasteiger partial charge is 0.247 e. The summed E-state index contributed by atoms with van der Waals surface area (Å²) < 4.78 is 5.68. The Bertz CT molecular complexity index is 1190. The molecule has 1 aliphatic carbocycles. The third-order valence-corrected chi connectivity index (χ3v) is 5.22. The van der Waals surface area contributed by atoms with E-state index in [2.05, 4.69) is 30.7 Å². The summed E-state index contributed by atoms with van der Waals surface area (Å²) in [7, 11) is 0. The van der Waals surface area contributed by atoms with Crippen LogP contribution in [-0.4, -0.2) is 31.3 Å². The fourth-order valence-electron chi connectivity index (χ4n) is 3.26. The molecule has 8 heteroatoms. The summed E-state index contributed by atoms with van der Waals surface area (Å²) in [6.45, 7) is 2.02. The lowest BCUT2D eigenvalue weighted by molar-refractivity contribution is -0.116. The van der Waals surface area contributed by atoms with E-state index in [1.807, 2.05) is 55.5 Å². The fraction of sp³-hybridized carbons (Fsp3) is 0.261. The predicted octanol–water partition coefficient (Wildman–Crippen LogP) is 4.28. The highest BCUT2D eigenvalue weighted by Gasteiger charge is 2.27. The Balaban J connectivity index is 1.15. The van der Waals surface area contributed by atoms with Gasteiger partial charge in [-0.3, -0.25) is 9.89 Å². The number of nitrogens with zero attached hydrogens (tertiary/aromatic N) is 4. The van der Waals surface area contributed by atoms with E-state index >= 15 is 0 Å². The Hall–Kier alpha value is -3.81. The standard InChI is InChI=1S/C23H22N6O2/c1-14-2-4-17(5-3-14)23-29-26-20(31-23)13-12-19(30)24-18-10-8-16(9-11-18)22-25-21(27-28-22)15-6-7-15/h2-5,8-11,15H,6-7,12-13H2,1H3,(H,24,30)(H,25,27,28). The van der Waals surface area contributed by atoms with E-state index in [0.717, 1.165) is 28.2 Å². The SMILES string of the molecule is Cc1ccc(-c2nnc(CCC(=O)Nc3ccc(-c4n[nH]c(C5CC5)n4)cc3)o2)cc1. The Kier molecular flexibility index (Phi) is 5.03. The second-order valence-electron chi connectivity index (χ2n) is 7.81. The first-order valence-electron chi connectivity index (χ1n) is 10.4. The van der Waals surface area contributed by atoms with Crippen molar-refractivity contribution in [2.24, 2.45) is 0 Å². The largest absolute Gasteiger partial charge is 0.421 e. The average molecular weight is 414 g/mol. The second-order valence-corrected chi connectivity index (χ2v) is 7.81. The minimum absolute atomic E-state index is 0.114. The highest BCUT2D eigenvalue weighted by atomic mass is 16.4. The van der Waals surface area contributed by atoms with E-state index in [9.17, 15) is 4.79 Å². The molecule has 1 fully saturated rings. The van der Waals surface area contributed by atoms with Crippen LogP contribution >= 0.6 is 0 Å². The minimum Gasteiger partial charge on any atom is -0.421 e. The summed E-state index contributed by atoms with van der Waals surface area (Å²) in [5.74, 6) is 2.96. The normalized spacial score (nSPS) is 13.3. The van der Waals surface area contributed by atoms with Crippen molar-refractivity contribution in [2.45, 2.75) is 38.5 Å². The van der Waals surface area contributed by atoms with Crippen LogP contribution in [0.3, 0.4) is 0 Å². The molecule has 31 heavy (non-hydrogen) atoms. The van der Waals surface area contributed by atoms with Crippen molar-refractivity contribution >= 4 is 11.6 Å². The maximum absolute atomic E-state index is 12.3. The molecule has 5 rings (SSSR count). The lowest BCUT2D eigenvalue weighted by Crippen LogP contribution is -2.12. The molecule has 1 saturated carbocycles. The van der Waals surface area contributed by atoms with Crippen molar-refractivity contribution in [3.63, 3.8) is 0 Å². The molecular weight excluding hydrogens is 392 g/mol. The predicted molar refractivity (Wildman–Crippen MR) is 115 cm³/mol. The van der Waals surface area contributed by atoms with Gasteiger partial charge in [0.15, 0.2) is 5.82 Å². The third-order valence-electron chi connectivity index (χ3n) is 5.22. The zero-order chi connectivity index (χ0) is 21.2. The third kappa shape index (κ3) is 4.53. The average Bonchev–Trinajstić information content (AvgIpc) is 3.32. The first kappa shape index (κ1) is 19.2. The number of hydrogen-bond acceptors (Lipinski definition) is 6. The summed E-state index contributed by atoms with van der Waals surface area (Å²) in [6, 6.07) is 15.4. The van der Waals surface area contributed by atoms with E-state index in [1.165, 1.54) is 12.8 Å². The molecule has 2 N–H and O–H groups in total. The van der Waals surface area contributed by atoms with E-state index < -0.39 is 0 Å². The Morgan fingerprint density at radius 2 is 1.81 bits per heavy atom. The summed E-state index contributed by atoms with van der Waals surface area (Å²) >= 11 is 0. The van der Waals surface area contributed by atoms with E-state index in [-0.39, 0.29) is 12.3 Å². The molecule has 0 unspecified atom stereocenters. The number of aryl methyl sites for hydroxylation is 2. The number of carbonyl (C=O) groups is 1. The van der Waals surface area contributed by atoms with E-state index in [0.29, 0.717) is 29.9 Å². The van der Waals surface area contributed by atoms with Gasteiger partial charge < -0.3 is 9.73 Å². The number of H-pyrrole nitrogens is 1. The van der Waals surface area contributed by atoms with E-state index in [4.69, 9.17) is 4.42 Å². The second kappa shape index (κ2) is 8.14. The highest BCUT2D eigenvalue weighted by Crippen LogP contribution is 2.38. The van der Waals surface area contributed by atoms with Gasteiger partial charge in [0.25, 0.3) is 0 Å². The quantitative estimate of drug-likeness (QED) is 0.467. The molecule has 0 saturated heterocycles. The highest BCUT2D eigenvalue weighted by molar-refractivity contribution is 5.91. The molecule has 0 radical (unpaired) electrons. The van der Waals surface area contributed by atoms with Crippen molar-refractivity contribution in [3.05, 3.63) is 65.8 Å². The molecule has 1 aliphatic rings. The van der Waals surface area contributed by atoms with Crippen LogP contribution in [0.15, 0.2) is 52.9 Å². The molecule has 4 aromatic rings. The number of nitrogens with one attached hydrogen (secondary N) is 2. The summed E-state index contributed by atoms with van der Waals surface area (Å²) in [4.78, 5) is 16.9. The van der Waals surface area contributed by atoms with Crippen LogP contribution in [0.5, 0.6) is 0 Å². The van der Waals surface area contributed by atoms with Gasteiger partial charge in [0.05, 0.1) is 0 Å². The number of hydrogen-bond donors (Lipinski definition) is 2. The topological polar surface area (TPSA) is 110 Å². The van der Waals surface area contributed by atoms with Gasteiger partial charge in [0.1, 0.15) is 5.82 Å². The monoisotopic (exact) mass is 414 g/mol. The van der Waals surface area contributed by atoms with Gasteiger partial charge in [-0.2, -0.15) is 5.10 Å². The zero-order valence-electron chi connectivity index (χ0n) is 17.1. The zero-order valence-corrected chi connectivity index (χ0v) is 17.1.